The maximum atomic E-state index is 14.0. The van der Waals surface area contributed by atoms with E-state index in [0.717, 1.165) is 12.1 Å². The molecule has 0 spiro atoms. The first-order chi connectivity index (χ1) is 14.8. The molecule has 2 aromatic rings. The lowest BCUT2D eigenvalue weighted by Crippen LogP contribution is -2.53. The number of nitrogens with one attached hydrogen (secondary N) is 2. The number of anilines is 2. The van der Waals surface area contributed by atoms with Crippen molar-refractivity contribution in [2.24, 2.45) is 0 Å². The van der Waals surface area contributed by atoms with E-state index in [1.807, 2.05) is 0 Å². The van der Waals surface area contributed by atoms with Crippen molar-refractivity contribution in [2.75, 3.05) is 24.3 Å². The predicted octanol–water partition coefficient (Wildman–Crippen LogP) is 5.06. The molecule has 2 aromatic carbocycles. The first kappa shape index (κ1) is 24.1. The quantitative estimate of drug-likeness (QED) is 0.491. The number of carbonyl (C=O) groups excluding carboxylic acids is 1. The van der Waals surface area contributed by atoms with E-state index in [4.69, 9.17) is 16.3 Å². The lowest BCUT2D eigenvalue weighted by Gasteiger charge is -2.38. The molecule has 3 rings (SSSR count). The molecule has 3 N–H and O–H groups in total. The smallest absolute Gasteiger partial charge is 0.418 e. The Bertz CT molecular complexity index is 1040. The topological polar surface area (TPSA) is 70.6 Å². The van der Waals surface area contributed by atoms with Crippen molar-refractivity contribution < 1.29 is 32.2 Å². The van der Waals surface area contributed by atoms with Gasteiger partial charge in [0.2, 0.25) is 5.91 Å². The van der Waals surface area contributed by atoms with Crippen molar-refractivity contribution >= 4 is 28.9 Å². The first-order valence-corrected chi connectivity index (χ1v) is 10.1. The molecule has 1 aliphatic rings. The fourth-order valence-corrected chi connectivity index (χ4v) is 4.16. The molecule has 0 radical (unpaired) electrons. The Hall–Kier alpha value is -2.52. The summed E-state index contributed by atoms with van der Waals surface area (Å²) >= 11 is 6.04. The molecule has 0 fully saturated rings. The van der Waals surface area contributed by atoms with E-state index in [1.165, 1.54) is 13.2 Å². The number of halogens is 5. The van der Waals surface area contributed by atoms with E-state index in [-0.39, 0.29) is 17.8 Å². The van der Waals surface area contributed by atoms with Crippen LogP contribution in [0.1, 0.15) is 31.4 Å². The Kier molecular flexibility index (Phi) is 6.36. The second-order valence-corrected chi connectivity index (χ2v) is 8.93. The third-order valence-electron chi connectivity index (χ3n) is 5.55. The highest BCUT2D eigenvalue weighted by atomic mass is 35.5. The van der Waals surface area contributed by atoms with Gasteiger partial charge in [-0.15, -0.1) is 0 Å². The molecule has 5 nitrogen and oxygen atoms in total. The van der Waals surface area contributed by atoms with Gasteiger partial charge in [-0.2, -0.15) is 13.2 Å². The number of carbonyl (C=O) groups is 1. The molecule has 0 aromatic heterocycles. The lowest BCUT2D eigenvalue weighted by atomic mass is 9.74. The average molecular weight is 475 g/mol. The van der Waals surface area contributed by atoms with Crippen LogP contribution in [0.25, 0.3) is 0 Å². The van der Waals surface area contributed by atoms with Gasteiger partial charge in [-0.05, 0) is 42.2 Å². The van der Waals surface area contributed by atoms with Gasteiger partial charge in [0.05, 0.1) is 20.1 Å². The number of rotatable bonds is 7. The summed E-state index contributed by atoms with van der Waals surface area (Å²) in [5, 5.41) is 16.0. The summed E-state index contributed by atoms with van der Waals surface area (Å²) in [6.07, 6.45) is -5.84. The maximum Gasteiger partial charge on any atom is 0.418 e. The number of hydrogen-bond donors (Lipinski definition) is 3. The van der Waals surface area contributed by atoms with Gasteiger partial charge in [-0.25, -0.2) is 4.39 Å². The van der Waals surface area contributed by atoms with Gasteiger partial charge in [-0.1, -0.05) is 25.4 Å². The van der Waals surface area contributed by atoms with Crippen molar-refractivity contribution in [2.45, 2.75) is 43.9 Å². The molecule has 1 atom stereocenters. The molecule has 0 saturated carbocycles. The van der Waals surface area contributed by atoms with Crippen LogP contribution >= 0.6 is 11.6 Å². The second-order valence-electron chi connectivity index (χ2n) is 8.49. The Morgan fingerprint density at radius 3 is 2.53 bits per heavy atom. The summed E-state index contributed by atoms with van der Waals surface area (Å²) in [7, 11) is 1.39. The largest absolute Gasteiger partial charge is 0.496 e. The number of benzene rings is 2. The highest BCUT2D eigenvalue weighted by Gasteiger charge is 2.56. The highest BCUT2D eigenvalue weighted by molar-refractivity contribution is 6.30. The van der Waals surface area contributed by atoms with Crippen LogP contribution in [0, 0.1) is 5.82 Å². The van der Waals surface area contributed by atoms with E-state index in [2.05, 4.69) is 10.6 Å². The molecule has 1 heterocycles. The molecular formula is C22H23ClF4N2O3. The van der Waals surface area contributed by atoms with Crippen molar-refractivity contribution in [3.8, 4) is 5.75 Å². The van der Waals surface area contributed by atoms with Gasteiger partial charge in [0.1, 0.15) is 11.6 Å². The fraction of sp³-hybridized carbons (Fsp3) is 0.409. The molecule has 0 saturated heterocycles. The van der Waals surface area contributed by atoms with Crippen LogP contribution in [-0.2, 0) is 16.6 Å². The summed E-state index contributed by atoms with van der Waals surface area (Å²) < 4.78 is 61.3. The van der Waals surface area contributed by atoms with Crippen LogP contribution < -0.4 is 15.4 Å². The molecule has 0 aliphatic carbocycles. The van der Waals surface area contributed by atoms with Crippen molar-refractivity contribution in [1.29, 1.82) is 0 Å². The second kappa shape index (κ2) is 8.44. The summed E-state index contributed by atoms with van der Waals surface area (Å²) in [5.74, 6) is -0.786. The Balaban J connectivity index is 1.92. The van der Waals surface area contributed by atoms with Gasteiger partial charge in [-0.3, -0.25) is 4.79 Å². The zero-order chi connectivity index (χ0) is 23.9. The zero-order valence-corrected chi connectivity index (χ0v) is 18.4. The predicted molar refractivity (Wildman–Crippen MR) is 114 cm³/mol. The molecule has 1 amide bonds. The molecule has 1 unspecified atom stereocenters. The minimum absolute atomic E-state index is 0.0131. The van der Waals surface area contributed by atoms with Crippen molar-refractivity contribution in [3.63, 3.8) is 0 Å². The number of amides is 1. The molecule has 174 valence electrons. The van der Waals surface area contributed by atoms with Gasteiger partial charge in [0, 0.05) is 27.5 Å². The summed E-state index contributed by atoms with van der Waals surface area (Å²) in [6, 6.07) is 6.69. The number of fused-ring (bicyclic) bond motifs is 1. The molecular weight excluding hydrogens is 452 g/mol. The van der Waals surface area contributed by atoms with Crippen molar-refractivity contribution in [3.05, 3.63) is 52.3 Å². The summed E-state index contributed by atoms with van der Waals surface area (Å²) in [5.41, 5.74) is -3.44. The Labute approximate surface area is 187 Å². The van der Waals surface area contributed by atoms with Crippen LogP contribution in [0.4, 0.5) is 28.9 Å². The third-order valence-corrected chi connectivity index (χ3v) is 5.79. The van der Waals surface area contributed by atoms with Crippen LogP contribution in [0.15, 0.2) is 30.3 Å². The third kappa shape index (κ3) is 4.78. The van der Waals surface area contributed by atoms with E-state index in [0.29, 0.717) is 21.9 Å². The maximum absolute atomic E-state index is 14.0. The minimum Gasteiger partial charge on any atom is -0.496 e. The molecule has 1 aliphatic heterocycles. The van der Waals surface area contributed by atoms with Crippen LogP contribution in [0.3, 0.4) is 0 Å². The lowest BCUT2D eigenvalue weighted by molar-refractivity contribution is -0.260. The standard InChI is InChI=1S/C22H23ClF4N2O3/c1-20(2,15-6-12(23)4-5-18(15)32-3)10-21(31,22(25,26)27)11-28-16-7-13(24)8-17-14(16)9-19(30)29-17/h4-8,28,31H,9-11H2,1-3H3,(H,29,30). The Morgan fingerprint density at radius 2 is 1.91 bits per heavy atom. The Morgan fingerprint density at radius 1 is 1.22 bits per heavy atom. The number of hydrogen-bond acceptors (Lipinski definition) is 4. The van der Waals surface area contributed by atoms with Gasteiger partial charge < -0.3 is 20.5 Å². The van der Waals surface area contributed by atoms with E-state index < -0.39 is 41.9 Å². The van der Waals surface area contributed by atoms with E-state index >= 15 is 0 Å². The fourth-order valence-electron chi connectivity index (χ4n) is 3.99. The molecule has 32 heavy (non-hydrogen) atoms. The van der Waals surface area contributed by atoms with Crippen molar-refractivity contribution in [1.82, 2.24) is 0 Å². The monoisotopic (exact) mass is 474 g/mol. The normalized spacial score (nSPS) is 15.7. The SMILES string of the molecule is COc1ccc(Cl)cc1C(C)(C)CC(O)(CNc1cc(F)cc2c1CC(=O)N2)C(F)(F)F. The van der Waals surface area contributed by atoms with E-state index in [1.54, 1.807) is 26.0 Å². The minimum atomic E-state index is -5.01. The van der Waals surface area contributed by atoms with Crippen LogP contribution in [0.2, 0.25) is 5.02 Å². The van der Waals surface area contributed by atoms with Crippen LogP contribution in [-0.4, -0.2) is 36.4 Å². The van der Waals surface area contributed by atoms with Gasteiger partial charge >= 0.3 is 6.18 Å². The van der Waals surface area contributed by atoms with Gasteiger partial charge in [0.15, 0.2) is 5.60 Å². The van der Waals surface area contributed by atoms with Crippen LogP contribution in [0.5, 0.6) is 5.75 Å². The number of methoxy groups -OCH3 is 1. The van der Waals surface area contributed by atoms with E-state index in [9.17, 15) is 27.5 Å². The average Bonchev–Trinajstić information content (AvgIpc) is 3.04. The first-order valence-electron chi connectivity index (χ1n) is 9.75. The van der Waals surface area contributed by atoms with Gasteiger partial charge in [0.25, 0.3) is 0 Å². The number of ether oxygens (including phenoxy) is 1. The number of alkyl halides is 3. The highest BCUT2D eigenvalue weighted by Crippen LogP contribution is 2.44. The molecule has 0 bridgehead atoms. The summed E-state index contributed by atoms with van der Waals surface area (Å²) in [4.78, 5) is 11.6. The summed E-state index contributed by atoms with van der Waals surface area (Å²) in [6.45, 7) is 2.13. The zero-order valence-electron chi connectivity index (χ0n) is 17.7. The molecule has 10 heteroatoms. The number of aliphatic hydroxyl groups is 1.